The van der Waals surface area contributed by atoms with Crippen molar-refractivity contribution in [2.24, 2.45) is 0 Å². The maximum Gasteiger partial charge on any atom is 0.279 e. The quantitative estimate of drug-likeness (QED) is 0.779. The molecule has 0 atom stereocenters. The van der Waals surface area contributed by atoms with E-state index < -0.39 is 0 Å². The van der Waals surface area contributed by atoms with Gasteiger partial charge in [0.1, 0.15) is 5.82 Å². The van der Waals surface area contributed by atoms with Crippen LogP contribution in [0.3, 0.4) is 0 Å². The lowest BCUT2D eigenvalue weighted by Crippen LogP contribution is -3.15. The van der Waals surface area contributed by atoms with Crippen molar-refractivity contribution in [1.29, 1.82) is 0 Å². The third-order valence-corrected chi connectivity index (χ3v) is 5.52. The average molecular weight is 399 g/mol. The molecule has 2 aromatic rings. The van der Waals surface area contributed by atoms with E-state index in [1.807, 2.05) is 36.9 Å². The van der Waals surface area contributed by atoms with Crippen LogP contribution in [-0.4, -0.2) is 49.4 Å². The van der Waals surface area contributed by atoms with Gasteiger partial charge in [-0.1, -0.05) is 30.3 Å². The molecule has 3 rings (SSSR count). The summed E-state index contributed by atoms with van der Waals surface area (Å²) < 4.78 is 13.0. The van der Waals surface area contributed by atoms with Gasteiger partial charge in [-0.2, -0.15) is 0 Å². The highest BCUT2D eigenvalue weighted by atomic mass is 19.1. The first-order chi connectivity index (χ1) is 13.9. The second-order valence-electron chi connectivity index (χ2n) is 7.75. The zero-order valence-electron chi connectivity index (χ0n) is 17.1. The van der Waals surface area contributed by atoms with E-state index in [0.717, 1.165) is 35.5 Å². The number of para-hydroxylation sites is 1. The number of hydrogen-bond acceptors (Lipinski definition) is 2. The first kappa shape index (κ1) is 21.0. The van der Waals surface area contributed by atoms with Crippen molar-refractivity contribution in [2.75, 3.05) is 38.0 Å². The van der Waals surface area contributed by atoms with Crippen LogP contribution in [0, 0.1) is 19.7 Å². The number of aryl methyl sites for hydroxylation is 3. The van der Waals surface area contributed by atoms with Crippen molar-refractivity contribution < 1.29 is 18.9 Å². The molecule has 0 spiro atoms. The van der Waals surface area contributed by atoms with Gasteiger partial charge in [0.25, 0.3) is 5.91 Å². The lowest BCUT2D eigenvalue weighted by atomic mass is 10.1. The minimum Gasteiger partial charge on any atom is -0.331 e. The van der Waals surface area contributed by atoms with Crippen molar-refractivity contribution in [2.45, 2.75) is 26.7 Å². The van der Waals surface area contributed by atoms with Crippen LogP contribution < -0.4 is 10.2 Å². The predicted octanol–water partition coefficient (Wildman–Crippen LogP) is 1.74. The standard InChI is InChI=1S/C23H28FN3O2/c1-17-4-3-5-18(2)23(17)25-21(28)16-26-12-14-27(15-13-26)22(29)11-8-19-6-9-20(24)10-7-19/h3-7,9-10H,8,11-16H2,1-2H3,(H,25,28)/p+1. The van der Waals surface area contributed by atoms with Crippen LogP contribution in [0.25, 0.3) is 0 Å². The van der Waals surface area contributed by atoms with Crippen molar-refractivity contribution in [3.05, 3.63) is 65.0 Å². The number of nitrogens with zero attached hydrogens (tertiary/aromatic N) is 1. The highest BCUT2D eigenvalue weighted by molar-refractivity contribution is 5.93. The van der Waals surface area contributed by atoms with Gasteiger partial charge in [-0.3, -0.25) is 9.59 Å². The number of quaternary nitrogens is 1. The molecule has 6 heteroatoms. The van der Waals surface area contributed by atoms with Crippen molar-refractivity contribution >= 4 is 17.5 Å². The molecule has 0 aromatic heterocycles. The maximum atomic E-state index is 13.0. The summed E-state index contributed by atoms with van der Waals surface area (Å²) in [5.74, 6) is -0.136. The average Bonchev–Trinajstić information content (AvgIpc) is 2.71. The van der Waals surface area contributed by atoms with Gasteiger partial charge in [-0.25, -0.2) is 4.39 Å². The van der Waals surface area contributed by atoms with Crippen LogP contribution in [0.5, 0.6) is 0 Å². The Morgan fingerprint density at radius 1 is 1.03 bits per heavy atom. The van der Waals surface area contributed by atoms with Crippen molar-refractivity contribution in [1.82, 2.24) is 4.90 Å². The van der Waals surface area contributed by atoms with Gasteiger partial charge in [-0.05, 0) is 49.1 Å². The van der Waals surface area contributed by atoms with E-state index in [-0.39, 0.29) is 17.6 Å². The largest absolute Gasteiger partial charge is 0.331 e. The number of benzene rings is 2. The maximum absolute atomic E-state index is 13.0. The first-order valence-corrected chi connectivity index (χ1v) is 10.1. The summed E-state index contributed by atoms with van der Waals surface area (Å²) in [5.41, 5.74) is 3.98. The Balaban J connectivity index is 1.42. The number of nitrogens with one attached hydrogen (secondary N) is 2. The van der Waals surface area contributed by atoms with Crippen LogP contribution in [0.15, 0.2) is 42.5 Å². The second-order valence-corrected chi connectivity index (χ2v) is 7.75. The number of anilines is 1. The Kier molecular flexibility index (Phi) is 6.99. The Morgan fingerprint density at radius 3 is 2.28 bits per heavy atom. The van der Waals surface area contributed by atoms with Gasteiger partial charge in [0.15, 0.2) is 6.54 Å². The summed E-state index contributed by atoms with van der Waals surface area (Å²) in [6.07, 6.45) is 1.04. The Hall–Kier alpha value is -2.73. The molecule has 29 heavy (non-hydrogen) atoms. The Morgan fingerprint density at radius 2 is 1.66 bits per heavy atom. The van der Waals surface area contributed by atoms with E-state index >= 15 is 0 Å². The topological polar surface area (TPSA) is 53.9 Å². The van der Waals surface area contributed by atoms with Gasteiger partial charge in [-0.15, -0.1) is 0 Å². The number of halogens is 1. The van der Waals surface area contributed by atoms with E-state index in [1.54, 1.807) is 12.1 Å². The molecule has 0 unspecified atom stereocenters. The molecule has 2 amide bonds. The third-order valence-electron chi connectivity index (χ3n) is 5.52. The van der Waals surface area contributed by atoms with Crippen molar-refractivity contribution in [3.8, 4) is 0 Å². The Bertz CT molecular complexity index is 839. The lowest BCUT2D eigenvalue weighted by molar-refractivity contribution is -0.895. The van der Waals surface area contributed by atoms with Crippen LogP contribution in [0.1, 0.15) is 23.1 Å². The number of rotatable bonds is 6. The van der Waals surface area contributed by atoms with Gasteiger partial charge in [0.2, 0.25) is 5.91 Å². The van der Waals surface area contributed by atoms with Crippen LogP contribution in [0.4, 0.5) is 10.1 Å². The van der Waals surface area contributed by atoms with Gasteiger partial charge < -0.3 is 15.1 Å². The van der Waals surface area contributed by atoms with E-state index in [9.17, 15) is 14.0 Å². The highest BCUT2D eigenvalue weighted by Gasteiger charge is 2.25. The zero-order valence-corrected chi connectivity index (χ0v) is 17.1. The summed E-state index contributed by atoms with van der Waals surface area (Å²) in [7, 11) is 0. The molecule has 154 valence electrons. The molecule has 2 N–H and O–H groups in total. The Labute approximate surface area is 171 Å². The summed E-state index contributed by atoms with van der Waals surface area (Å²) >= 11 is 0. The fraction of sp³-hybridized carbons (Fsp3) is 0.391. The summed E-state index contributed by atoms with van der Waals surface area (Å²) in [6, 6.07) is 12.3. The van der Waals surface area contributed by atoms with Crippen LogP contribution in [-0.2, 0) is 16.0 Å². The minimum absolute atomic E-state index is 0.00786. The van der Waals surface area contributed by atoms with E-state index in [1.165, 1.54) is 17.0 Å². The molecule has 2 aromatic carbocycles. The predicted molar refractivity (Wildman–Crippen MR) is 111 cm³/mol. The summed E-state index contributed by atoms with van der Waals surface area (Å²) in [6.45, 7) is 7.25. The minimum atomic E-state index is -0.263. The zero-order chi connectivity index (χ0) is 20.8. The van der Waals surface area contributed by atoms with Crippen LogP contribution >= 0.6 is 0 Å². The summed E-state index contributed by atoms with van der Waals surface area (Å²) in [4.78, 5) is 28.0. The van der Waals surface area contributed by atoms with Crippen molar-refractivity contribution in [3.63, 3.8) is 0 Å². The van der Waals surface area contributed by atoms with Crippen LogP contribution in [0.2, 0.25) is 0 Å². The molecule has 0 bridgehead atoms. The van der Waals surface area contributed by atoms with Gasteiger partial charge in [0, 0.05) is 12.1 Å². The lowest BCUT2D eigenvalue weighted by Gasteiger charge is -2.32. The molecule has 1 heterocycles. The summed E-state index contributed by atoms with van der Waals surface area (Å²) in [5, 5.41) is 3.04. The van der Waals surface area contributed by atoms with E-state index in [0.29, 0.717) is 32.5 Å². The number of amides is 2. The number of carbonyl (C=O) groups is 2. The molecule has 1 saturated heterocycles. The molecule has 1 fully saturated rings. The second kappa shape index (κ2) is 9.65. The smallest absolute Gasteiger partial charge is 0.279 e. The fourth-order valence-electron chi connectivity index (χ4n) is 3.73. The molecule has 5 nitrogen and oxygen atoms in total. The van der Waals surface area contributed by atoms with Gasteiger partial charge in [0.05, 0.1) is 26.2 Å². The molecule has 0 aliphatic carbocycles. The number of hydrogen-bond donors (Lipinski definition) is 2. The van der Waals surface area contributed by atoms with E-state index in [2.05, 4.69) is 5.32 Å². The molecule has 1 aliphatic heterocycles. The van der Waals surface area contributed by atoms with E-state index in [4.69, 9.17) is 0 Å². The first-order valence-electron chi connectivity index (χ1n) is 10.1. The molecule has 0 radical (unpaired) electrons. The molecular weight excluding hydrogens is 369 g/mol. The fourth-order valence-corrected chi connectivity index (χ4v) is 3.73. The third kappa shape index (κ3) is 5.87. The molecule has 0 saturated carbocycles. The molecule has 1 aliphatic rings. The SMILES string of the molecule is Cc1cccc(C)c1NC(=O)C[NH+]1CCN(C(=O)CCc2ccc(F)cc2)CC1. The highest BCUT2D eigenvalue weighted by Crippen LogP contribution is 2.18. The number of piperazine rings is 1. The van der Waals surface area contributed by atoms with Gasteiger partial charge >= 0.3 is 0 Å². The number of carbonyl (C=O) groups excluding carboxylic acids is 2. The normalized spacial score (nSPS) is 14.7. The monoisotopic (exact) mass is 398 g/mol. The molecular formula is C23H29FN3O2+.